The first-order valence-electron chi connectivity index (χ1n) is 7.91. The summed E-state index contributed by atoms with van der Waals surface area (Å²) in [4.78, 5) is 2.74. The van der Waals surface area contributed by atoms with E-state index in [9.17, 15) is 0 Å². The number of rotatable bonds is 9. The molecule has 4 nitrogen and oxygen atoms in total. The zero-order valence-corrected chi connectivity index (χ0v) is 12.6. The highest BCUT2D eigenvalue weighted by Gasteiger charge is 2.39. The second-order valence-corrected chi connectivity index (χ2v) is 5.81. The molecule has 0 aromatic carbocycles. The summed E-state index contributed by atoms with van der Waals surface area (Å²) in [6, 6.07) is 2.40. The van der Waals surface area contributed by atoms with Crippen molar-refractivity contribution in [1.82, 2.24) is 10.2 Å². The molecule has 1 N–H and O–H groups in total. The van der Waals surface area contributed by atoms with Crippen LogP contribution in [0.1, 0.15) is 39.0 Å². The maximum absolute atomic E-state index is 5.55. The molecule has 0 aliphatic carbocycles. The molecule has 2 aliphatic heterocycles. The number of nitrogens with zero attached hydrogens (tertiary/aromatic N) is 1. The minimum atomic E-state index is 0.708. The van der Waals surface area contributed by atoms with Gasteiger partial charge in [-0.2, -0.15) is 0 Å². The smallest absolute Gasteiger partial charge is 0.0700 e. The third-order valence-electron chi connectivity index (χ3n) is 4.51. The van der Waals surface area contributed by atoms with E-state index in [0.29, 0.717) is 6.61 Å². The average Bonchev–Trinajstić information content (AvgIpc) is 2.65. The van der Waals surface area contributed by atoms with Crippen molar-refractivity contribution in [2.75, 3.05) is 40.0 Å². The van der Waals surface area contributed by atoms with Gasteiger partial charge in [-0.25, -0.2) is 0 Å². The second kappa shape index (κ2) is 8.20. The molecule has 2 bridgehead atoms. The van der Waals surface area contributed by atoms with Crippen molar-refractivity contribution in [1.29, 1.82) is 0 Å². The molecule has 0 radical (unpaired) electrons. The van der Waals surface area contributed by atoms with Gasteiger partial charge in [0.1, 0.15) is 0 Å². The minimum Gasteiger partial charge on any atom is -0.382 e. The SMILES string of the molecule is CCNC1CC2CCC(C1)N2CCCOCCOC. The molecule has 112 valence electrons. The molecule has 2 unspecified atom stereocenters. The van der Waals surface area contributed by atoms with Crippen molar-refractivity contribution < 1.29 is 9.47 Å². The van der Waals surface area contributed by atoms with Crippen molar-refractivity contribution in [3.63, 3.8) is 0 Å². The van der Waals surface area contributed by atoms with Crippen LogP contribution in [-0.4, -0.2) is 63.0 Å². The van der Waals surface area contributed by atoms with Crippen LogP contribution in [-0.2, 0) is 9.47 Å². The van der Waals surface area contributed by atoms with Gasteiger partial charge in [-0.15, -0.1) is 0 Å². The Kier molecular flexibility index (Phi) is 6.57. The Morgan fingerprint density at radius 1 is 1.11 bits per heavy atom. The second-order valence-electron chi connectivity index (χ2n) is 5.81. The van der Waals surface area contributed by atoms with Gasteiger partial charge in [0, 0.05) is 38.4 Å². The number of ether oxygens (including phenoxy) is 2. The van der Waals surface area contributed by atoms with Crippen LogP contribution in [0.4, 0.5) is 0 Å². The van der Waals surface area contributed by atoms with E-state index < -0.39 is 0 Å². The molecule has 0 spiro atoms. The zero-order chi connectivity index (χ0) is 13.5. The number of hydrogen-bond acceptors (Lipinski definition) is 4. The van der Waals surface area contributed by atoms with Crippen LogP contribution < -0.4 is 5.32 Å². The van der Waals surface area contributed by atoms with Gasteiger partial charge < -0.3 is 14.8 Å². The van der Waals surface area contributed by atoms with Gasteiger partial charge in [0.15, 0.2) is 0 Å². The summed E-state index contributed by atoms with van der Waals surface area (Å²) >= 11 is 0. The van der Waals surface area contributed by atoms with E-state index in [4.69, 9.17) is 9.47 Å². The van der Waals surface area contributed by atoms with E-state index in [1.54, 1.807) is 7.11 Å². The number of piperidine rings is 1. The molecule has 2 rings (SSSR count). The highest BCUT2D eigenvalue weighted by Crippen LogP contribution is 2.35. The first-order valence-corrected chi connectivity index (χ1v) is 7.91. The largest absolute Gasteiger partial charge is 0.382 e. The van der Waals surface area contributed by atoms with Crippen LogP contribution in [0.15, 0.2) is 0 Å². The van der Waals surface area contributed by atoms with Crippen LogP contribution in [0.3, 0.4) is 0 Å². The molecule has 0 saturated carbocycles. The topological polar surface area (TPSA) is 33.7 Å². The fraction of sp³-hybridized carbons (Fsp3) is 1.00. The van der Waals surface area contributed by atoms with Crippen molar-refractivity contribution in [2.24, 2.45) is 0 Å². The number of fused-ring (bicyclic) bond motifs is 2. The highest BCUT2D eigenvalue weighted by atomic mass is 16.5. The first kappa shape index (κ1) is 15.2. The summed E-state index contributed by atoms with van der Waals surface area (Å²) in [5.41, 5.74) is 0. The van der Waals surface area contributed by atoms with Gasteiger partial charge in [0.2, 0.25) is 0 Å². The third-order valence-corrected chi connectivity index (χ3v) is 4.51. The van der Waals surface area contributed by atoms with Gasteiger partial charge in [0.05, 0.1) is 13.2 Å². The standard InChI is InChI=1S/C15H30N2O2/c1-3-16-13-11-14-5-6-15(12-13)17(14)7-4-8-19-10-9-18-2/h13-16H,3-12H2,1-2H3. The van der Waals surface area contributed by atoms with Gasteiger partial charge in [0.25, 0.3) is 0 Å². The molecule has 19 heavy (non-hydrogen) atoms. The van der Waals surface area contributed by atoms with E-state index >= 15 is 0 Å². The molecule has 2 saturated heterocycles. The van der Waals surface area contributed by atoms with E-state index in [2.05, 4.69) is 17.1 Å². The van der Waals surface area contributed by atoms with E-state index in [0.717, 1.165) is 44.3 Å². The normalized spacial score (nSPS) is 30.9. The molecule has 0 aromatic rings. The van der Waals surface area contributed by atoms with Crippen molar-refractivity contribution in [3.05, 3.63) is 0 Å². The molecule has 2 fully saturated rings. The first-order chi connectivity index (χ1) is 9.35. The molecular formula is C15H30N2O2. The molecule has 0 aromatic heterocycles. The summed E-state index contributed by atoms with van der Waals surface area (Å²) in [5, 5.41) is 3.63. The summed E-state index contributed by atoms with van der Waals surface area (Å²) < 4.78 is 10.5. The number of methoxy groups -OCH3 is 1. The van der Waals surface area contributed by atoms with Crippen LogP contribution in [0, 0.1) is 0 Å². The lowest BCUT2D eigenvalue weighted by Crippen LogP contribution is -2.49. The quantitative estimate of drug-likeness (QED) is 0.646. The summed E-state index contributed by atoms with van der Waals surface area (Å²) in [6.45, 7) is 6.84. The predicted octanol–water partition coefficient (Wildman–Crippen LogP) is 1.64. The summed E-state index contributed by atoms with van der Waals surface area (Å²) in [5.74, 6) is 0. The van der Waals surface area contributed by atoms with Crippen LogP contribution in [0.5, 0.6) is 0 Å². The van der Waals surface area contributed by atoms with E-state index in [1.165, 1.54) is 32.2 Å². The Labute approximate surface area is 117 Å². The summed E-state index contributed by atoms with van der Waals surface area (Å²) in [7, 11) is 1.72. The lowest BCUT2D eigenvalue weighted by Gasteiger charge is -2.39. The maximum Gasteiger partial charge on any atom is 0.0700 e. The monoisotopic (exact) mass is 270 g/mol. The summed E-state index contributed by atoms with van der Waals surface area (Å²) in [6.07, 6.45) is 6.64. The number of hydrogen-bond donors (Lipinski definition) is 1. The van der Waals surface area contributed by atoms with Crippen molar-refractivity contribution in [3.8, 4) is 0 Å². The Morgan fingerprint density at radius 2 is 1.84 bits per heavy atom. The molecule has 0 amide bonds. The lowest BCUT2D eigenvalue weighted by atomic mass is 9.97. The zero-order valence-electron chi connectivity index (χ0n) is 12.6. The molecule has 2 atom stereocenters. The highest BCUT2D eigenvalue weighted by molar-refractivity contribution is 4.97. The fourth-order valence-corrected chi connectivity index (χ4v) is 3.69. The molecule has 2 aliphatic rings. The van der Waals surface area contributed by atoms with Gasteiger partial charge >= 0.3 is 0 Å². The van der Waals surface area contributed by atoms with Gasteiger partial charge in [-0.05, 0) is 38.6 Å². The average molecular weight is 270 g/mol. The van der Waals surface area contributed by atoms with E-state index in [1.807, 2.05) is 0 Å². The van der Waals surface area contributed by atoms with Crippen LogP contribution in [0.25, 0.3) is 0 Å². The fourth-order valence-electron chi connectivity index (χ4n) is 3.69. The minimum absolute atomic E-state index is 0.708. The Balaban J connectivity index is 1.63. The Morgan fingerprint density at radius 3 is 2.47 bits per heavy atom. The molecule has 4 heteroatoms. The van der Waals surface area contributed by atoms with E-state index in [-0.39, 0.29) is 0 Å². The number of nitrogens with one attached hydrogen (secondary N) is 1. The van der Waals surface area contributed by atoms with Gasteiger partial charge in [-0.3, -0.25) is 4.90 Å². The predicted molar refractivity (Wildman–Crippen MR) is 77.5 cm³/mol. The van der Waals surface area contributed by atoms with Crippen molar-refractivity contribution >= 4 is 0 Å². The Hall–Kier alpha value is -0.160. The van der Waals surface area contributed by atoms with Crippen LogP contribution in [0.2, 0.25) is 0 Å². The van der Waals surface area contributed by atoms with Crippen LogP contribution >= 0.6 is 0 Å². The molecular weight excluding hydrogens is 240 g/mol. The third kappa shape index (κ3) is 4.42. The molecule has 2 heterocycles. The Bertz CT molecular complexity index is 236. The van der Waals surface area contributed by atoms with Gasteiger partial charge in [-0.1, -0.05) is 6.92 Å². The maximum atomic E-state index is 5.55. The van der Waals surface area contributed by atoms with Crippen molar-refractivity contribution in [2.45, 2.75) is 57.2 Å². The lowest BCUT2D eigenvalue weighted by molar-refractivity contribution is 0.0557.